The number of nitrogens with one attached hydrogen (secondary N) is 1. The predicted molar refractivity (Wildman–Crippen MR) is 41.6 cm³/mol. The minimum absolute atomic E-state index is 0. The van der Waals surface area contributed by atoms with Crippen molar-refractivity contribution in [2.45, 2.75) is 13.1 Å². The average Bonchev–Trinajstić information content (AvgIpc) is 1.63. The topological polar surface area (TPSA) is 52.6 Å². The van der Waals surface area contributed by atoms with Crippen LogP contribution in [0.4, 0.5) is 4.79 Å². The molecule has 0 fully saturated rings. The van der Waals surface area contributed by atoms with Crippen LogP contribution in [-0.4, -0.2) is 36.4 Å². The summed E-state index contributed by atoms with van der Waals surface area (Å²) in [7, 11) is 3.61. The Balaban J connectivity index is 0. The van der Waals surface area contributed by atoms with Gasteiger partial charge in [0.15, 0.2) is 0 Å². The molecule has 2 N–H and O–H groups in total. The normalized spacial score (nSPS) is 12.0. The third kappa shape index (κ3) is 5.65. The molecule has 5 heteroatoms. The third-order valence-electron chi connectivity index (χ3n) is 1.11. The molecule has 0 aliphatic rings. The monoisotopic (exact) mass is 168 g/mol. The predicted octanol–water partition coefficient (Wildman–Crippen LogP) is 0.583. The van der Waals surface area contributed by atoms with E-state index in [1.54, 1.807) is 25.9 Å². The number of carboxylic acid groups (broad SMARTS) is 1. The molecule has 1 atom stereocenters. The number of carbonyl (C=O) groups is 1. The molecule has 0 heterocycles. The molecule has 0 bridgehead atoms. The first-order valence-electron chi connectivity index (χ1n) is 2.70. The van der Waals surface area contributed by atoms with Crippen molar-refractivity contribution < 1.29 is 9.90 Å². The second kappa shape index (κ2) is 5.32. The molecule has 62 valence electrons. The molecular weight excluding hydrogens is 156 g/mol. The quantitative estimate of drug-likeness (QED) is 0.594. The van der Waals surface area contributed by atoms with E-state index in [-0.39, 0.29) is 18.6 Å². The maximum absolute atomic E-state index is 9.98. The van der Waals surface area contributed by atoms with Gasteiger partial charge in [-0.05, 0) is 21.0 Å². The molecule has 4 nitrogen and oxygen atoms in total. The molecule has 1 unspecified atom stereocenters. The highest BCUT2D eigenvalue weighted by atomic mass is 35.5. The van der Waals surface area contributed by atoms with Crippen molar-refractivity contribution in [3.63, 3.8) is 0 Å². The van der Waals surface area contributed by atoms with E-state index in [1.165, 1.54) is 0 Å². The molecule has 10 heavy (non-hydrogen) atoms. The Hall–Kier alpha value is -0.480. The lowest BCUT2D eigenvalue weighted by atomic mass is 10.5. The van der Waals surface area contributed by atoms with Crippen LogP contribution in [-0.2, 0) is 0 Å². The summed E-state index contributed by atoms with van der Waals surface area (Å²) in [5.74, 6) is 0. The van der Waals surface area contributed by atoms with E-state index in [2.05, 4.69) is 5.32 Å². The highest BCUT2D eigenvalue weighted by Gasteiger charge is 2.04. The summed E-state index contributed by atoms with van der Waals surface area (Å²) in [5, 5.41) is 10.5. The largest absolute Gasteiger partial charge is 0.465 e. The molecule has 0 aromatic rings. The maximum atomic E-state index is 9.98. The molecule has 0 saturated carbocycles. The van der Waals surface area contributed by atoms with Gasteiger partial charge in [0.2, 0.25) is 0 Å². The van der Waals surface area contributed by atoms with Crippen molar-refractivity contribution in [2.24, 2.45) is 0 Å². The van der Waals surface area contributed by atoms with Gasteiger partial charge in [0.25, 0.3) is 0 Å². The molecular formula is C5H13ClN2O2. The lowest BCUT2D eigenvalue weighted by Gasteiger charge is -2.18. The Morgan fingerprint density at radius 3 is 2.10 bits per heavy atom. The van der Waals surface area contributed by atoms with Gasteiger partial charge in [-0.25, -0.2) is 4.79 Å². The van der Waals surface area contributed by atoms with Crippen LogP contribution in [0.1, 0.15) is 6.92 Å². The molecule has 0 aromatic heterocycles. The molecule has 0 spiro atoms. The summed E-state index contributed by atoms with van der Waals surface area (Å²) in [6.45, 7) is 1.77. The second-order valence-corrected chi connectivity index (χ2v) is 2.09. The number of rotatable bonds is 2. The maximum Gasteiger partial charge on any atom is 0.405 e. The molecule has 0 saturated heterocycles. The van der Waals surface area contributed by atoms with Crippen LogP contribution in [0.15, 0.2) is 0 Å². The van der Waals surface area contributed by atoms with E-state index in [1.807, 2.05) is 0 Å². The average molecular weight is 169 g/mol. The Labute approximate surface area is 66.6 Å². The first-order chi connectivity index (χ1) is 4.04. The number of nitrogens with zero attached hydrogens (tertiary/aromatic N) is 1. The van der Waals surface area contributed by atoms with Crippen molar-refractivity contribution in [1.82, 2.24) is 10.2 Å². The number of hydrogen-bond donors (Lipinski definition) is 2. The summed E-state index contributed by atoms with van der Waals surface area (Å²) in [5.41, 5.74) is 0. The van der Waals surface area contributed by atoms with E-state index >= 15 is 0 Å². The van der Waals surface area contributed by atoms with Crippen LogP contribution < -0.4 is 5.32 Å². The summed E-state index contributed by atoms with van der Waals surface area (Å²) in [4.78, 5) is 11.7. The van der Waals surface area contributed by atoms with E-state index in [4.69, 9.17) is 5.11 Å². The Kier molecular flexibility index (Phi) is 6.50. The van der Waals surface area contributed by atoms with Gasteiger partial charge in [0.05, 0.1) is 6.17 Å². The second-order valence-electron chi connectivity index (χ2n) is 2.09. The fraction of sp³-hybridized carbons (Fsp3) is 0.800. The molecule has 0 radical (unpaired) electrons. The zero-order chi connectivity index (χ0) is 7.44. The smallest absolute Gasteiger partial charge is 0.405 e. The number of amides is 1. The summed E-state index contributed by atoms with van der Waals surface area (Å²) >= 11 is 0. The van der Waals surface area contributed by atoms with Crippen LogP contribution >= 0.6 is 12.4 Å². The van der Waals surface area contributed by atoms with Crippen LogP contribution in [0.2, 0.25) is 0 Å². The van der Waals surface area contributed by atoms with Gasteiger partial charge in [-0.3, -0.25) is 4.90 Å². The SMILES string of the molecule is CC(NC(=O)O)N(C)C.Cl. The fourth-order valence-corrected chi connectivity index (χ4v) is 0.308. The lowest BCUT2D eigenvalue weighted by molar-refractivity contribution is 0.174. The minimum atomic E-state index is -0.990. The highest BCUT2D eigenvalue weighted by molar-refractivity contribution is 5.85. The standard InChI is InChI=1S/C5H12N2O2.ClH/c1-4(7(2)3)6-5(8)9;/h4,6H,1-3H3,(H,8,9);1H. The van der Waals surface area contributed by atoms with Crippen LogP contribution in [0, 0.1) is 0 Å². The third-order valence-corrected chi connectivity index (χ3v) is 1.11. The Morgan fingerprint density at radius 1 is 1.60 bits per heavy atom. The molecule has 0 aliphatic carbocycles. The lowest BCUT2D eigenvalue weighted by Crippen LogP contribution is -2.41. The van der Waals surface area contributed by atoms with Crippen molar-refractivity contribution >= 4 is 18.5 Å². The highest BCUT2D eigenvalue weighted by Crippen LogP contribution is 1.83. The van der Waals surface area contributed by atoms with E-state index in [0.29, 0.717) is 0 Å². The van der Waals surface area contributed by atoms with Gasteiger partial charge >= 0.3 is 6.09 Å². The van der Waals surface area contributed by atoms with Gasteiger partial charge in [-0.2, -0.15) is 0 Å². The van der Waals surface area contributed by atoms with Gasteiger partial charge in [0.1, 0.15) is 0 Å². The van der Waals surface area contributed by atoms with Gasteiger partial charge in [0, 0.05) is 0 Å². The van der Waals surface area contributed by atoms with E-state index in [0.717, 1.165) is 0 Å². The van der Waals surface area contributed by atoms with Gasteiger partial charge < -0.3 is 10.4 Å². The zero-order valence-electron chi connectivity index (χ0n) is 6.29. The first kappa shape index (κ1) is 12.2. The first-order valence-corrected chi connectivity index (χ1v) is 2.70. The van der Waals surface area contributed by atoms with Crippen molar-refractivity contribution in [1.29, 1.82) is 0 Å². The molecule has 0 rings (SSSR count). The van der Waals surface area contributed by atoms with Gasteiger partial charge in [-0.15, -0.1) is 12.4 Å². The summed E-state index contributed by atoms with van der Waals surface area (Å²) in [6.07, 6.45) is -1.11. The van der Waals surface area contributed by atoms with E-state index in [9.17, 15) is 4.79 Å². The number of hydrogen-bond acceptors (Lipinski definition) is 2. The van der Waals surface area contributed by atoms with E-state index < -0.39 is 6.09 Å². The molecule has 0 aromatic carbocycles. The van der Waals surface area contributed by atoms with Crippen LogP contribution in [0.3, 0.4) is 0 Å². The van der Waals surface area contributed by atoms with Crippen molar-refractivity contribution in [3.05, 3.63) is 0 Å². The Bertz CT molecular complexity index is 108. The van der Waals surface area contributed by atoms with Crippen molar-refractivity contribution in [3.8, 4) is 0 Å². The summed E-state index contributed by atoms with van der Waals surface area (Å²) < 4.78 is 0. The fourth-order valence-electron chi connectivity index (χ4n) is 0.308. The number of halogens is 1. The Morgan fingerprint density at radius 2 is 2.00 bits per heavy atom. The minimum Gasteiger partial charge on any atom is -0.465 e. The van der Waals surface area contributed by atoms with Crippen molar-refractivity contribution in [2.75, 3.05) is 14.1 Å². The van der Waals surface area contributed by atoms with Crippen LogP contribution in [0.5, 0.6) is 0 Å². The van der Waals surface area contributed by atoms with Gasteiger partial charge in [-0.1, -0.05) is 0 Å². The molecule has 0 aliphatic heterocycles. The van der Waals surface area contributed by atoms with Crippen LogP contribution in [0.25, 0.3) is 0 Å². The summed E-state index contributed by atoms with van der Waals surface area (Å²) in [6, 6.07) is 0. The zero-order valence-corrected chi connectivity index (χ0v) is 7.10. The molecule has 1 amide bonds.